The molecule has 2 saturated heterocycles. The second-order valence-electron chi connectivity index (χ2n) is 6.98. The topological polar surface area (TPSA) is 53.5 Å². The van der Waals surface area contributed by atoms with Crippen LogP contribution in [0.25, 0.3) is 0 Å². The molecule has 2 fully saturated rings. The minimum Gasteiger partial charge on any atom is -0.478 e. The number of ether oxygens (including phenoxy) is 1. The van der Waals surface area contributed by atoms with E-state index >= 15 is 0 Å². The average molecular weight is 319 g/mol. The van der Waals surface area contributed by atoms with Crippen molar-refractivity contribution in [1.82, 2.24) is 20.2 Å². The molecule has 0 aromatic carbocycles. The fraction of sp³-hybridized carbons (Fsp3) is 0.765. The van der Waals surface area contributed by atoms with E-state index < -0.39 is 0 Å². The second-order valence-corrected chi connectivity index (χ2v) is 6.98. The fourth-order valence-corrected chi connectivity index (χ4v) is 3.59. The van der Waals surface area contributed by atoms with E-state index in [1.54, 1.807) is 6.20 Å². The summed E-state index contributed by atoms with van der Waals surface area (Å²) in [5.74, 6) is 1.47. The number of hydrogen-bond acceptors (Lipinski definition) is 6. The fourth-order valence-electron chi connectivity index (χ4n) is 3.59. The van der Waals surface area contributed by atoms with Crippen LogP contribution in [-0.4, -0.2) is 67.3 Å². The van der Waals surface area contributed by atoms with Crippen molar-refractivity contribution in [2.45, 2.75) is 26.7 Å². The van der Waals surface area contributed by atoms with Crippen LogP contribution in [0.5, 0.6) is 5.88 Å². The van der Waals surface area contributed by atoms with Gasteiger partial charge in [-0.3, -0.25) is 0 Å². The monoisotopic (exact) mass is 319 g/mol. The Labute approximate surface area is 139 Å². The molecule has 23 heavy (non-hydrogen) atoms. The molecular weight excluding hydrogens is 290 g/mol. The van der Waals surface area contributed by atoms with Gasteiger partial charge in [0.15, 0.2) is 0 Å². The average Bonchev–Trinajstić information content (AvgIpc) is 2.83. The van der Waals surface area contributed by atoms with E-state index in [1.807, 2.05) is 13.0 Å². The molecule has 6 heteroatoms. The lowest BCUT2D eigenvalue weighted by Crippen LogP contribution is -2.39. The normalized spacial score (nSPS) is 26.3. The lowest BCUT2D eigenvalue weighted by atomic mass is 9.89. The van der Waals surface area contributed by atoms with Crippen molar-refractivity contribution in [3.63, 3.8) is 0 Å². The SMILES string of the molecule is CCOc1ccnc(N2CCCN(CC3(C)CCNC3)CC2)n1. The van der Waals surface area contributed by atoms with Crippen LogP contribution in [-0.2, 0) is 0 Å². The highest BCUT2D eigenvalue weighted by atomic mass is 16.5. The van der Waals surface area contributed by atoms with Crippen molar-refractivity contribution in [3.05, 3.63) is 12.3 Å². The van der Waals surface area contributed by atoms with Crippen LogP contribution in [0.15, 0.2) is 12.3 Å². The highest BCUT2D eigenvalue weighted by Gasteiger charge is 2.31. The maximum absolute atomic E-state index is 5.50. The van der Waals surface area contributed by atoms with Gasteiger partial charge < -0.3 is 19.9 Å². The summed E-state index contributed by atoms with van der Waals surface area (Å²) >= 11 is 0. The van der Waals surface area contributed by atoms with E-state index in [0.29, 0.717) is 17.9 Å². The van der Waals surface area contributed by atoms with Crippen LogP contribution in [0.4, 0.5) is 5.95 Å². The molecule has 2 aliphatic heterocycles. The largest absolute Gasteiger partial charge is 0.478 e. The lowest BCUT2D eigenvalue weighted by molar-refractivity contribution is 0.187. The minimum atomic E-state index is 0.431. The first kappa shape index (κ1) is 16.5. The summed E-state index contributed by atoms with van der Waals surface area (Å²) in [6.07, 6.45) is 4.24. The Kier molecular flexibility index (Phi) is 5.33. The van der Waals surface area contributed by atoms with Crippen LogP contribution in [0.3, 0.4) is 0 Å². The first-order valence-electron chi connectivity index (χ1n) is 8.82. The molecule has 0 bridgehead atoms. The van der Waals surface area contributed by atoms with Crippen LogP contribution in [0.2, 0.25) is 0 Å². The van der Waals surface area contributed by atoms with Crippen molar-refractivity contribution in [2.75, 3.05) is 57.3 Å². The molecule has 0 aliphatic carbocycles. The molecule has 0 radical (unpaired) electrons. The first-order valence-corrected chi connectivity index (χ1v) is 8.82. The van der Waals surface area contributed by atoms with Crippen LogP contribution < -0.4 is 15.0 Å². The summed E-state index contributed by atoms with van der Waals surface area (Å²) in [5.41, 5.74) is 0.431. The quantitative estimate of drug-likeness (QED) is 0.885. The Morgan fingerprint density at radius 3 is 3.00 bits per heavy atom. The molecule has 2 aliphatic rings. The van der Waals surface area contributed by atoms with Crippen molar-refractivity contribution in [3.8, 4) is 5.88 Å². The van der Waals surface area contributed by atoms with E-state index in [9.17, 15) is 0 Å². The van der Waals surface area contributed by atoms with Gasteiger partial charge in [0, 0.05) is 45.0 Å². The molecule has 0 amide bonds. The molecular formula is C17H29N5O. The Hall–Kier alpha value is -1.40. The second kappa shape index (κ2) is 7.45. The molecule has 1 unspecified atom stereocenters. The van der Waals surface area contributed by atoms with Crippen molar-refractivity contribution in [2.24, 2.45) is 5.41 Å². The lowest BCUT2D eigenvalue weighted by Gasteiger charge is -2.31. The van der Waals surface area contributed by atoms with Gasteiger partial charge in [-0.25, -0.2) is 4.98 Å². The Morgan fingerprint density at radius 2 is 2.22 bits per heavy atom. The third kappa shape index (κ3) is 4.32. The molecule has 0 spiro atoms. The van der Waals surface area contributed by atoms with Crippen LogP contribution in [0.1, 0.15) is 26.7 Å². The van der Waals surface area contributed by atoms with Gasteiger partial charge in [0.2, 0.25) is 11.8 Å². The molecule has 1 aromatic rings. The predicted octanol–water partition coefficient (Wildman–Crippen LogP) is 1.39. The van der Waals surface area contributed by atoms with Crippen molar-refractivity contribution in [1.29, 1.82) is 0 Å². The number of rotatable bonds is 5. The van der Waals surface area contributed by atoms with Gasteiger partial charge in [-0.15, -0.1) is 0 Å². The molecule has 3 heterocycles. The van der Waals surface area contributed by atoms with E-state index in [1.165, 1.54) is 13.0 Å². The van der Waals surface area contributed by atoms with Gasteiger partial charge in [0.05, 0.1) is 6.61 Å². The molecule has 128 valence electrons. The van der Waals surface area contributed by atoms with Gasteiger partial charge in [-0.05, 0) is 38.3 Å². The summed E-state index contributed by atoms with van der Waals surface area (Å²) in [7, 11) is 0. The van der Waals surface area contributed by atoms with Crippen LogP contribution >= 0.6 is 0 Å². The van der Waals surface area contributed by atoms with E-state index in [0.717, 1.165) is 51.6 Å². The molecule has 6 nitrogen and oxygen atoms in total. The van der Waals surface area contributed by atoms with Gasteiger partial charge in [0.25, 0.3) is 0 Å². The zero-order valence-electron chi connectivity index (χ0n) is 14.4. The maximum Gasteiger partial charge on any atom is 0.228 e. The standard InChI is InChI=1S/C17H29N5O/c1-3-23-15-5-7-19-16(20-15)22-10-4-9-21(11-12-22)14-17(2)6-8-18-13-17/h5,7,18H,3-4,6,8-14H2,1-2H3. The third-order valence-electron chi connectivity index (χ3n) is 4.84. The number of aromatic nitrogens is 2. The molecule has 0 saturated carbocycles. The third-order valence-corrected chi connectivity index (χ3v) is 4.84. The highest BCUT2D eigenvalue weighted by Crippen LogP contribution is 2.26. The zero-order valence-corrected chi connectivity index (χ0v) is 14.4. The van der Waals surface area contributed by atoms with Gasteiger partial charge in [0.1, 0.15) is 0 Å². The Bertz CT molecular complexity index is 504. The summed E-state index contributed by atoms with van der Waals surface area (Å²) < 4.78 is 5.50. The number of anilines is 1. The molecule has 3 rings (SSSR count). The maximum atomic E-state index is 5.50. The Morgan fingerprint density at radius 1 is 1.30 bits per heavy atom. The molecule has 1 N–H and O–H groups in total. The van der Waals surface area contributed by atoms with Gasteiger partial charge in [-0.2, -0.15) is 4.98 Å². The summed E-state index contributed by atoms with van der Waals surface area (Å²) in [5, 5.41) is 3.50. The van der Waals surface area contributed by atoms with E-state index in [4.69, 9.17) is 4.74 Å². The van der Waals surface area contributed by atoms with Crippen molar-refractivity contribution >= 4 is 5.95 Å². The summed E-state index contributed by atoms with van der Waals surface area (Å²) in [4.78, 5) is 13.9. The van der Waals surface area contributed by atoms with Gasteiger partial charge in [-0.1, -0.05) is 6.92 Å². The molecule has 1 atom stereocenters. The number of nitrogens with one attached hydrogen (secondary N) is 1. The predicted molar refractivity (Wildman–Crippen MR) is 92.1 cm³/mol. The number of nitrogens with zero attached hydrogens (tertiary/aromatic N) is 4. The van der Waals surface area contributed by atoms with E-state index in [-0.39, 0.29) is 0 Å². The van der Waals surface area contributed by atoms with Crippen molar-refractivity contribution < 1.29 is 4.74 Å². The van der Waals surface area contributed by atoms with Crippen LogP contribution in [0, 0.1) is 5.41 Å². The smallest absolute Gasteiger partial charge is 0.228 e. The van der Waals surface area contributed by atoms with E-state index in [2.05, 4.69) is 32.0 Å². The minimum absolute atomic E-state index is 0.431. The Balaban J connectivity index is 1.58. The summed E-state index contributed by atoms with van der Waals surface area (Å²) in [6.45, 7) is 12.8. The first-order chi connectivity index (χ1) is 11.2. The highest BCUT2D eigenvalue weighted by molar-refractivity contribution is 5.32. The number of hydrogen-bond donors (Lipinski definition) is 1. The summed E-state index contributed by atoms with van der Waals surface area (Å²) in [6, 6.07) is 1.82. The van der Waals surface area contributed by atoms with Gasteiger partial charge >= 0.3 is 0 Å². The zero-order chi connectivity index (χ0) is 16.1. The molecule has 1 aromatic heterocycles.